The molecule has 6 rings (SSSR count). The van der Waals surface area contributed by atoms with Gasteiger partial charge in [0.2, 0.25) is 5.91 Å². The molecule has 0 aliphatic carbocycles. The fourth-order valence-electron chi connectivity index (χ4n) is 5.96. The highest BCUT2D eigenvalue weighted by molar-refractivity contribution is 5.95. The highest BCUT2D eigenvalue weighted by Gasteiger charge is 2.24. The summed E-state index contributed by atoms with van der Waals surface area (Å²) in [6.45, 7) is 6.46. The van der Waals surface area contributed by atoms with Crippen molar-refractivity contribution in [2.24, 2.45) is 5.92 Å². The van der Waals surface area contributed by atoms with Crippen LogP contribution in [0.4, 0.5) is 27.4 Å². The molecule has 0 unspecified atom stereocenters. The third-order valence-electron chi connectivity index (χ3n) is 8.43. The van der Waals surface area contributed by atoms with Gasteiger partial charge in [-0.15, -0.1) is 0 Å². The monoisotopic (exact) mass is 622 g/mol. The number of likely N-dealkylation sites (tertiary alicyclic amines) is 1. The number of carbonyl (C=O) groups is 1. The molecule has 2 aliphatic heterocycles. The Morgan fingerprint density at radius 3 is 2.67 bits per heavy atom. The lowest BCUT2D eigenvalue weighted by Crippen LogP contribution is -2.41. The van der Waals surface area contributed by atoms with Crippen LogP contribution >= 0.6 is 0 Å². The van der Waals surface area contributed by atoms with Crippen molar-refractivity contribution in [3.8, 4) is 23.3 Å². The second-order valence-electron chi connectivity index (χ2n) is 11.4. The van der Waals surface area contributed by atoms with Crippen LogP contribution in [-0.4, -0.2) is 65.1 Å². The number of pyridine rings is 1. The van der Waals surface area contributed by atoms with Crippen LogP contribution < -0.4 is 25.0 Å². The first-order chi connectivity index (χ1) is 22.4. The van der Waals surface area contributed by atoms with Crippen LogP contribution in [0.3, 0.4) is 0 Å². The van der Waals surface area contributed by atoms with Gasteiger partial charge >= 0.3 is 0 Å². The second kappa shape index (κ2) is 13.7. The fraction of sp³-hybridized carbons (Fsp3) is 0.324. The van der Waals surface area contributed by atoms with Crippen molar-refractivity contribution in [2.45, 2.75) is 31.7 Å². The zero-order valence-electron chi connectivity index (χ0n) is 25.6. The Hall–Kier alpha value is -5.44. The van der Waals surface area contributed by atoms with Crippen LogP contribution in [0.1, 0.15) is 25.7 Å². The zero-order valence-corrected chi connectivity index (χ0v) is 25.6. The van der Waals surface area contributed by atoms with E-state index >= 15 is 4.39 Å². The van der Waals surface area contributed by atoms with Crippen molar-refractivity contribution in [3.05, 3.63) is 73.5 Å². The molecular formula is C34H35FN8O3. The predicted molar refractivity (Wildman–Crippen MR) is 174 cm³/mol. The number of benzene rings is 2. The molecular weight excluding hydrogens is 587 g/mol. The summed E-state index contributed by atoms with van der Waals surface area (Å²) in [7, 11) is 1.60. The van der Waals surface area contributed by atoms with E-state index in [0.717, 1.165) is 43.9 Å². The Balaban J connectivity index is 1.16. The van der Waals surface area contributed by atoms with E-state index < -0.39 is 5.82 Å². The highest BCUT2D eigenvalue weighted by Crippen LogP contribution is 2.36. The Kier molecular flexibility index (Phi) is 9.10. The summed E-state index contributed by atoms with van der Waals surface area (Å²) < 4.78 is 27.0. The Bertz CT molecular complexity index is 1790. The Morgan fingerprint density at radius 1 is 1.09 bits per heavy atom. The molecule has 2 saturated heterocycles. The van der Waals surface area contributed by atoms with Crippen molar-refractivity contribution < 1.29 is 18.7 Å². The number of rotatable bonds is 10. The summed E-state index contributed by atoms with van der Waals surface area (Å²) in [5.74, 6) is 2.49. The first kappa shape index (κ1) is 30.6. The molecule has 2 aromatic heterocycles. The minimum Gasteiger partial charge on any atom is -0.495 e. The van der Waals surface area contributed by atoms with Gasteiger partial charge in [0.1, 0.15) is 41.0 Å². The van der Waals surface area contributed by atoms with Gasteiger partial charge in [-0.25, -0.2) is 19.3 Å². The van der Waals surface area contributed by atoms with Gasteiger partial charge in [0.25, 0.3) is 0 Å². The molecule has 0 saturated carbocycles. The molecule has 11 nitrogen and oxygen atoms in total. The number of carbonyl (C=O) groups excluding carboxylic acids is 1. The third kappa shape index (κ3) is 6.78. The molecule has 0 bridgehead atoms. The number of fused-ring (bicyclic) bond motifs is 1. The van der Waals surface area contributed by atoms with E-state index in [2.05, 4.69) is 43.1 Å². The highest BCUT2D eigenvalue weighted by atomic mass is 19.1. The number of amides is 1. The van der Waals surface area contributed by atoms with Gasteiger partial charge < -0.3 is 29.9 Å². The second-order valence-corrected chi connectivity index (χ2v) is 11.4. The molecule has 46 heavy (non-hydrogen) atoms. The smallest absolute Gasteiger partial charge is 0.245 e. The number of hydrogen-bond acceptors (Lipinski definition) is 10. The Morgan fingerprint density at radius 2 is 1.91 bits per heavy atom. The number of halogens is 1. The maximum atomic E-state index is 15.4. The molecule has 2 N–H and O–H groups in total. The van der Waals surface area contributed by atoms with Crippen molar-refractivity contribution in [3.63, 3.8) is 0 Å². The number of ether oxygens (including phenoxy) is 2. The van der Waals surface area contributed by atoms with Gasteiger partial charge in [-0.3, -0.25) is 4.79 Å². The summed E-state index contributed by atoms with van der Waals surface area (Å²) >= 11 is 0. The predicted octanol–water partition coefficient (Wildman–Crippen LogP) is 6.04. The third-order valence-corrected chi connectivity index (χ3v) is 8.43. The quantitative estimate of drug-likeness (QED) is 0.202. The molecule has 4 aromatic rings. The maximum absolute atomic E-state index is 15.4. The van der Waals surface area contributed by atoms with Gasteiger partial charge in [-0.1, -0.05) is 6.58 Å². The van der Waals surface area contributed by atoms with Gasteiger partial charge in [0.05, 0.1) is 30.1 Å². The van der Waals surface area contributed by atoms with Crippen LogP contribution in [0, 0.1) is 23.1 Å². The van der Waals surface area contributed by atoms with Crippen LogP contribution in [0.15, 0.2) is 67.6 Å². The molecule has 236 valence electrons. The Labute approximate surface area is 266 Å². The van der Waals surface area contributed by atoms with Crippen LogP contribution in [0.5, 0.6) is 17.2 Å². The molecule has 2 aliphatic rings. The molecule has 2 aromatic carbocycles. The number of aromatic nitrogens is 3. The van der Waals surface area contributed by atoms with E-state index in [1.54, 1.807) is 36.4 Å². The van der Waals surface area contributed by atoms with Gasteiger partial charge in [-0.2, -0.15) is 5.26 Å². The fourth-order valence-corrected chi connectivity index (χ4v) is 5.96. The number of piperidine rings is 1. The standard InChI is InChI=1S/C34H35FN8O3/c1-3-33(44)42-14-9-23(10-15-42)40-30-18-26-29(19-31(30)45-2)38-21-39-34(26)41-28-5-4-24(16-27(28)35)46-25-7-12-37-32(17-25)43-13-8-22(20-43)6-11-36/h3-5,7,12,16-19,21-23,40H,1,6,8-10,13-15,20H2,2H3,(H,38,39,41)/t22-/m1/s1. The lowest BCUT2D eigenvalue weighted by molar-refractivity contribution is -0.126. The SMILES string of the molecule is C=CC(=O)N1CCC(Nc2cc3c(Nc4ccc(Oc5ccnc(N6CC[C@@H](CC#N)C6)c5)cc4F)ncnc3cc2OC)CC1. The van der Waals surface area contributed by atoms with Crippen molar-refractivity contribution in [1.29, 1.82) is 5.26 Å². The van der Waals surface area contributed by atoms with E-state index in [0.29, 0.717) is 59.4 Å². The normalized spacial score (nSPS) is 16.6. The number of anilines is 4. The molecule has 0 radical (unpaired) electrons. The van der Waals surface area contributed by atoms with E-state index in [4.69, 9.17) is 14.7 Å². The van der Waals surface area contributed by atoms with Crippen LogP contribution in [0.25, 0.3) is 10.9 Å². The summed E-state index contributed by atoms with van der Waals surface area (Å²) in [5.41, 5.74) is 1.63. The van der Waals surface area contributed by atoms with E-state index in [1.165, 1.54) is 18.5 Å². The molecule has 4 heterocycles. The molecule has 1 amide bonds. The molecule has 0 spiro atoms. The molecule has 12 heteroatoms. The minimum atomic E-state index is -0.509. The lowest BCUT2D eigenvalue weighted by Gasteiger charge is -2.32. The summed E-state index contributed by atoms with van der Waals surface area (Å²) in [6.07, 6.45) is 7.47. The van der Waals surface area contributed by atoms with Gasteiger partial charge in [0.15, 0.2) is 0 Å². The largest absolute Gasteiger partial charge is 0.495 e. The lowest BCUT2D eigenvalue weighted by atomic mass is 10.0. The number of methoxy groups -OCH3 is 1. The van der Waals surface area contributed by atoms with E-state index in [1.807, 2.05) is 18.2 Å². The maximum Gasteiger partial charge on any atom is 0.245 e. The van der Waals surface area contributed by atoms with Gasteiger partial charge in [0, 0.05) is 68.4 Å². The summed E-state index contributed by atoms with van der Waals surface area (Å²) in [6, 6.07) is 14.3. The molecule has 2 fully saturated rings. The number of nitrogens with one attached hydrogen (secondary N) is 2. The number of hydrogen-bond donors (Lipinski definition) is 2. The first-order valence-electron chi connectivity index (χ1n) is 15.3. The van der Waals surface area contributed by atoms with Crippen LogP contribution in [0.2, 0.25) is 0 Å². The summed E-state index contributed by atoms with van der Waals surface area (Å²) in [5, 5.41) is 16.4. The molecule has 1 atom stereocenters. The zero-order chi connectivity index (χ0) is 32.0. The van der Waals surface area contributed by atoms with Crippen molar-refractivity contribution in [2.75, 3.05) is 48.8 Å². The average molecular weight is 623 g/mol. The van der Waals surface area contributed by atoms with E-state index in [-0.39, 0.29) is 17.6 Å². The topological polar surface area (TPSA) is 129 Å². The first-order valence-corrected chi connectivity index (χ1v) is 15.3. The van der Waals surface area contributed by atoms with Crippen molar-refractivity contribution >= 4 is 39.8 Å². The number of nitriles is 1. The van der Waals surface area contributed by atoms with Crippen LogP contribution in [-0.2, 0) is 4.79 Å². The van der Waals surface area contributed by atoms with Crippen molar-refractivity contribution in [1.82, 2.24) is 19.9 Å². The van der Waals surface area contributed by atoms with E-state index in [9.17, 15) is 4.79 Å². The number of nitrogens with zero attached hydrogens (tertiary/aromatic N) is 6. The summed E-state index contributed by atoms with van der Waals surface area (Å²) in [4.78, 5) is 29.2. The minimum absolute atomic E-state index is 0.0582. The van der Waals surface area contributed by atoms with Gasteiger partial charge in [-0.05, 0) is 55.5 Å². The average Bonchev–Trinajstić information content (AvgIpc) is 3.55.